The van der Waals surface area contributed by atoms with Crippen molar-refractivity contribution in [1.82, 2.24) is 10.2 Å². The van der Waals surface area contributed by atoms with Crippen molar-refractivity contribution < 1.29 is 14.6 Å². The van der Waals surface area contributed by atoms with E-state index in [2.05, 4.69) is 28.1 Å². The summed E-state index contributed by atoms with van der Waals surface area (Å²) in [5, 5.41) is 17.4. The van der Waals surface area contributed by atoms with Gasteiger partial charge in [0.1, 0.15) is 11.9 Å². The van der Waals surface area contributed by atoms with E-state index in [0.717, 1.165) is 34.2 Å². The molecule has 1 aromatic heterocycles. The number of carbonyl (C=O) groups is 1. The summed E-state index contributed by atoms with van der Waals surface area (Å²) in [5.41, 5.74) is 3.05. The average molecular weight is 388 g/mol. The van der Waals surface area contributed by atoms with E-state index >= 15 is 0 Å². The highest BCUT2D eigenvalue weighted by Crippen LogP contribution is 2.41. The van der Waals surface area contributed by atoms with Crippen LogP contribution in [0.1, 0.15) is 55.8 Å². The number of nitrogens with zero attached hydrogens (tertiary/aromatic N) is 1. The summed E-state index contributed by atoms with van der Waals surface area (Å²) in [6.07, 6.45) is 5.30. The zero-order valence-electron chi connectivity index (χ0n) is 16.4. The summed E-state index contributed by atoms with van der Waals surface area (Å²) < 4.78 is 6.41. The molecule has 3 aromatic rings. The molecule has 1 fully saturated rings. The molecule has 5 nitrogen and oxygen atoms in total. The molecule has 1 saturated carbocycles. The number of aliphatic carboxylic acids is 1. The van der Waals surface area contributed by atoms with Gasteiger partial charge in [-0.05, 0) is 43.0 Å². The Bertz CT molecular complexity index is 1050. The molecule has 0 unspecified atom stereocenters. The second kappa shape index (κ2) is 8.40. The molecule has 2 N–H and O–H groups in total. The Morgan fingerprint density at radius 3 is 2.76 bits per heavy atom. The van der Waals surface area contributed by atoms with E-state index in [1.807, 2.05) is 42.6 Å². The smallest absolute Gasteiger partial charge is 0.304 e. The second-order valence-electron chi connectivity index (χ2n) is 7.58. The predicted molar refractivity (Wildman–Crippen MR) is 112 cm³/mol. The molecule has 1 aliphatic rings. The van der Waals surface area contributed by atoms with Crippen LogP contribution < -0.4 is 4.74 Å². The zero-order chi connectivity index (χ0) is 20.2. The molecular formula is C24H24N2O3. The fraction of sp³-hybridized carbons (Fsp3) is 0.333. The van der Waals surface area contributed by atoms with Crippen molar-refractivity contribution in [3.05, 3.63) is 59.8 Å². The predicted octanol–water partition coefficient (Wildman–Crippen LogP) is 5.06. The molecule has 1 heterocycles. The van der Waals surface area contributed by atoms with Gasteiger partial charge in [0.2, 0.25) is 0 Å². The molecule has 0 saturated heterocycles. The highest BCUT2D eigenvalue weighted by Gasteiger charge is 2.28. The van der Waals surface area contributed by atoms with Crippen LogP contribution in [0.4, 0.5) is 0 Å². The molecule has 0 spiro atoms. The van der Waals surface area contributed by atoms with Gasteiger partial charge in [0.05, 0.1) is 24.1 Å². The normalized spacial score (nSPS) is 15.3. The summed E-state index contributed by atoms with van der Waals surface area (Å²) in [7, 11) is 0. The van der Waals surface area contributed by atoms with E-state index in [1.165, 1.54) is 12.8 Å². The quantitative estimate of drug-likeness (QED) is 0.529. The van der Waals surface area contributed by atoms with Gasteiger partial charge in [-0.25, -0.2) is 0 Å². The van der Waals surface area contributed by atoms with Crippen molar-refractivity contribution in [1.29, 1.82) is 0 Å². The van der Waals surface area contributed by atoms with E-state index in [4.69, 9.17) is 9.84 Å². The Labute approximate surface area is 170 Å². The van der Waals surface area contributed by atoms with Gasteiger partial charge in [0.15, 0.2) is 0 Å². The molecule has 0 amide bonds. The van der Waals surface area contributed by atoms with Crippen molar-refractivity contribution in [2.45, 2.75) is 44.6 Å². The number of rotatable bonds is 8. The topological polar surface area (TPSA) is 75.2 Å². The third kappa shape index (κ3) is 4.60. The van der Waals surface area contributed by atoms with E-state index < -0.39 is 5.97 Å². The van der Waals surface area contributed by atoms with Crippen LogP contribution in [-0.2, 0) is 4.79 Å². The second-order valence-corrected chi connectivity index (χ2v) is 7.58. The van der Waals surface area contributed by atoms with Crippen LogP contribution in [0.5, 0.6) is 5.75 Å². The largest absolute Gasteiger partial charge is 0.486 e. The molecule has 0 radical (unpaired) electrons. The molecule has 2 aromatic carbocycles. The molecule has 29 heavy (non-hydrogen) atoms. The summed E-state index contributed by atoms with van der Waals surface area (Å²) in [6, 6.07) is 13.8. The molecule has 0 aliphatic heterocycles. The number of carboxylic acid groups (broad SMARTS) is 1. The fourth-order valence-corrected chi connectivity index (χ4v) is 3.71. The SMILES string of the molecule is CC#C[C@@H](CC(=O)O)c1ccc(O[C@@H](CC2CC2)c2cccc3[nH]ncc23)cc1. The fourth-order valence-electron chi connectivity index (χ4n) is 3.71. The first-order valence-corrected chi connectivity index (χ1v) is 9.96. The Morgan fingerprint density at radius 2 is 2.07 bits per heavy atom. The Hall–Kier alpha value is -3.26. The van der Waals surface area contributed by atoms with Crippen molar-refractivity contribution in [2.75, 3.05) is 0 Å². The van der Waals surface area contributed by atoms with Crippen LogP contribution in [0.3, 0.4) is 0 Å². The minimum absolute atomic E-state index is 0.00612. The summed E-state index contributed by atoms with van der Waals surface area (Å²) >= 11 is 0. The highest BCUT2D eigenvalue weighted by atomic mass is 16.5. The summed E-state index contributed by atoms with van der Waals surface area (Å²) in [6.45, 7) is 1.73. The number of hydrogen-bond donors (Lipinski definition) is 2. The van der Waals surface area contributed by atoms with Crippen molar-refractivity contribution in [3.63, 3.8) is 0 Å². The number of ether oxygens (including phenoxy) is 1. The molecule has 4 rings (SSSR count). The molecular weight excluding hydrogens is 364 g/mol. The van der Waals surface area contributed by atoms with Crippen LogP contribution in [0, 0.1) is 17.8 Å². The van der Waals surface area contributed by atoms with Gasteiger partial charge in [-0.1, -0.05) is 43.0 Å². The van der Waals surface area contributed by atoms with Gasteiger partial charge in [0, 0.05) is 10.9 Å². The number of fused-ring (bicyclic) bond motifs is 1. The average Bonchev–Trinajstić information content (AvgIpc) is 3.39. The molecule has 0 bridgehead atoms. The molecule has 1 aliphatic carbocycles. The molecule has 2 atom stereocenters. The van der Waals surface area contributed by atoms with Crippen molar-refractivity contribution >= 4 is 16.9 Å². The number of H-pyrrole nitrogens is 1. The zero-order valence-corrected chi connectivity index (χ0v) is 16.4. The summed E-state index contributed by atoms with van der Waals surface area (Å²) in [4.78, 5) is 11.1. The van der Waals surface area contributed by atoms with Gasteiger partial charge < -0.3 is 9.84 Å². The van der Waals surface area contributed by atoms with Crippen LogP contribution in [0.2, 0.25) is 0 Å². The number of carboxylic acids is 1. The van der Waals surface area contributed by atoms with Crippen LogP contribution >= 0.6 is 0 Å². The number of benzene rings is 2. The first-order valence-electron chi connectivity index (χ1n) is 9.96. The van der Waals surface area contributed by atoms with E-state index in [1.54, 1.807) is 6.92 Å². The van der Waals surface area contributed by atoms with E-state index in [0.29, 0.717) is 5.92 Å². The lowest BCUT2D eigenvalue weighted by Gasteiger charge is -2.21. The van der Waals surface area contributed by atoms with Crippen LogP contribution in [-0.4, -0.2) is 21.3 Å². The lowest BCUT2D eigenvalue weighted by atomic mass is 9.96. The van der Waals surface area contributed by atoms with Gasteiger partial charge >= 0.3 is 5.97 Å². The highest BCUT2D eigenvalue weighted by molar-refractivity contribution is 5.82. The third-order valence-electron chi connectivity index (χ3n) is 5.37. The van der Waals surface area contributed by atoms with Gasteiger partial charge in [-0.15, -0.1) is 5.92 Å². The first kappa shape index (κ1) is 19.1. The van der Waals surface area contributed by atoms with E-state index in [-0.39, 0.29) is 18.4 Å². The maximum atomic E-state index is 11.1. The number of nitrogens with one attached hydrogen (secondary N) is 1. The van der Waals surface area contributed by atoms with Gasteiger partial charge in [0.25, 0.3) is 0 Å². The maximum absolute atomic E-state index is 11.1. The van der Waals surface area contributed by atoms with Gasteiger partial charge in [-0.3, -0.25) is 9.89 Å². The minimum atomic E-state index is -0.851. The Kier molecular flexibility index (Phi) is 5.53. The Morgan fingerprint density at radius 1 is 1.28 bits per heavy atom. The van der Waals surface area contributed by atoms with E-state index in [9.17, 15) is 4.79 Å². The lowest BCUT2D eigenvalue weighted by molar-refractivity contribution is -0.137. The Balaban J connectivity index is 1.57. The molecule has 5 heteroatoms. The number of aromatic amines is 1. The third-order valence-corrected chi connectivity index (χ3v) is 5.37. The first-order chi connectivity index (χ1) is 14.1. The number of hydrogen-bond acceptors (Lipinski definition) is 3. The van der Waals surface area contributed by atoms with Crippen molar-refractivity contribution in [2.24, 2.45) is 5.92 Å². The molecule has 148 valence electrons. The monoisotopic (exact) mass is 388 g/mol. The van der Waals surface area contributed by atoms with Crippen molar-refractivity contribution in [3.8, 4) is 17.6 Å². The lowest BCUT2D eigenvalue weighted by Crippen LogP contribution is -2.09. The van der Waals surface area contributed by atoms with Gasteiger partial charge in [-0.2, -0.15) is 5.10 Å². The summed E-state index contributed by atoms with van der Waals surface area (Å²) in [5.74, 6) is 6.14. The standard InChI is InChI=1S/C24H24N2O3/c1-2-4-18(14-24(27)28)17-9-11-19(12-10-17)29-23(13-16-7-8-16)20-5-3-6-22-21(20)15-25-26-22/h3,5-6,9-12,15-16,18,23H,7-8,13-14H2,1H3,(H,25,26)(H,27,28)/t18-,23-/m0/s1. The van der Waals surface area contributed by atoms with Crippen LogP contribution in [0.25, 0.3) is 10.9 Å². The van der Waals surface area contributed by atoms with Crippen LogP contribution in [0.15, 0.2) is 48.7 Å². The minimum Gasteiger partial charge on any atom is -0.486 e. The maximum Gasteiger partial charge on any atom is 0.304 e. The number of aromatic nitrogens is 2.